The molecule has 19 aromatic rings. The van der Waals surface area contributed by atoms with Crippen LogP contribution in [-0.4, -0.2) is 17.5 Å². The normalized spacial score (nSPS) is 10.6. The Morgan fingerprint density at radius 3 is 0.765 bits per heavy atom. The molecule has 0 aliphatic carbocycles. The zero-order valence-corrected chi connectivity index (χ0v) is 66.0. The van der Waals surface area contributed by atoms with E-state index in [1.54, 1.807) is 24.3 Å². The zero-order chi connectivity index (χ0) is 79.4. The van der Waals surface area contributed by atoms with Crippen LogP contribution in [0.1, 0.15) is 14.9 Å². The minimum atomic E-state index is -0.284. The van der Waals surface area contributed by atoms with Crippen LogP contribution in [0.4, 0.5) is 84.5 Å². The van der Waals surface area contributed by atoms with Gasteiger partial charge in [0.05, 0.1) is 22.1 Å². The van der Waals surface area contributed by atoms with Gasteiger partial charge in [-0.15, -0.1) is 0 Å². The SMILES string of the molecule is Brc1ccc(-c2ccc(Br)cc2)cc1.C.C.Fc1ccc(N(c2ccc(-c3ccc(N(c4ccc(F)cc4)c4ccc5c(c4)c4ccccc4n5-c4ccccc4)cc3)cc2)c2ccc3c(c2)c2ccccc2n3-c2ccccc2)cc1.Fc1ccc(Nc2ccc(-c3ccc(Nc4ccc(F)cc4)cc3)cc2)cc1.Nc1ccc(F)cc1.[B]. The number of benzene rings is 17. The molecular formula is C104H80BBr2F5N7. The fraction of sp³-hybridized carbons (Fsp3) is 0.0192. The van der Waals surface area contributed by atoms with Gasteiger partial charge in [0.25, 0.3) is 0 Å². The lowest BCUT2D eigenvalue weighted by Gasteiger charge is -2.26. The summed E-state index contributed by atoms with van der Waals surface area (Å²) in [5.41, 5.74) is 28.4. The van der Waals surface area contributed by atoms with Crippen LogP contribution in [-0.2, 0) is 0 Å². The van der Waals surface area contributed by atoms with Gasteiger partial charge >= 0.3 is 0 Å². The summed E-state index contributed by atoms with van der Waals surface area (Å²) in [5, 5.41) is 11.1. The van der Waals surface area contributed by atoms with Gasteiger partial charge in [-0.3, -0.25) is 0 Å². The lowest BCUT2D eigenvalue weighted by molar-refractivity contribution is 0.627. The van der Waals surface area contributed by atoms with Crippen LogP contribution >= 0.6 is 31.9 Å². The van der Waals surface area contributed by atoms with E-state index in [0.29, 0.717) is 5.69 Å². The molecule has 3 radical (unpaired) electrons. The Labute approximate surface area is 708 Å². The molecule has 0 saturated heterocycles. The van der Waals surface area contributed by atoms with Gasteiger partial charge in [-0.05, 0) is 300 Å². The molecule has 0 unspecified atom stereocenters. The molecule has 15 heteroatoms. The largest absolute Gasteiger partial charge is 0.399 e. The highest BCUT2D eigenvalue weighted by Gasteiger charge is 2.21. The lowest BCUT2D eigenvalue weighted by atomic mass is 10.0. The molecule has 0 spiro atoms. The molecule has 2 heterocycles. The Balaban J connectivity index is 0.000000188. The van der Waals surface area contributed by atoms with E-state index in [4.69, 9.17) is 5.73 Å². The van der Waals surface area contributed by atoms with Crippen molar-refractivity contribution in [2.24, 2.45) is 0 Å². The molecule has 0 saturated carbocycles. The number of aromatic nitrogens is 2. The molecule has 0 amide bonds. The van der Waals surface area contributed by atoms with Crippen molar-refractivity contribution in [1.82, 2.24) is 9.13 Å². The Hall–Kier alpha value is -14.0. The van der Waals surface area contributed by atoms with Crippen molar-refractivity contribution in [3.8, 4) is 44.8 Å². The van der Waals surface area contributed by atoms with Gasteiger partial charge in [0.2, 0.25) is 0 Å². The van der Waals surface area contributed by atoms with E-state index in [0.717, 1.165) is 143 Å². The number of para-hydroxylation sites is 4. The number of nitrogens with one attached hydrogen (secondary N) is 2. The summed E-state index contributed by atoms with van der Waals surface area (Å²) in [6, 6.07) is 132. The second kappa shape index (κ2) is 38.2. The van der Waals surface area contributed by atoms with E-state index < -0.39 is 0 Å². The summed E-state index contributed by atoms with van der Waals surface area (Å²) >= 11 is 6.84. The number of hydrogen-bond acceptors (Lipinski definition) is 5. The first-order valence-electron chi connectivity index (χ1n) is 37.5. The fourth-order valence-corrected chi connectivity index (χ4v) is 14.8. The van der Waals surface area contributed by atoms with E-state index >= 15 is 0 Å². The highest BCUT2D eigenvalue weighted by atomic mass is 79.9. The van der Waals surface area contributed by atoms with Crippen LogP contribution in [0.25, 0.3) is 88.4 Å². The number of rotatable bonds is 15. The molecule has 4 N–H and O–H groups in total. The third-order valence-electron chi connectivity index (χ3n) is 19.9. The monoisotopic (exact) mass is 1690 g/mol. The van der Waals surface area contributed by atoms with E-state index in [1.807, 2.05) is 84.9 Å². The average Bonchev–Trinajstić information content (AvgIpc) is 1.60. The standard InChI is InChI=1S/C60H40F2N4.C24H18F2N2.C12H8Br2.C6H6FN.2CH4.B/c61-43-23-31-49(32-24-43)63(51-35-37-59-55(39-51)53-15-7-9-17-57(53)65(59)45-11-3-1-4-12-45)47-27-19-41(20-28-47)42-21-29-48(30-22-42)64(50-33-25-44(62)26-34-50)52-36-38-60-56(40-52)54-16-8-10-18-58(54)66(60)46-13-5-2-6-14-46;25-19-5-13-23(14-6-19)27-21-9-1-17(2-10-21)18-3-11-22(12-4-18)28-24-15-7-20(26)8-16-24;13-11-5-1-9(2-6-11)10-3-7-12(14)8-4-10;7-5-1-3-6(8)4-2-5;;;/h1-40H;1-16,27-28H;1-8H;1-4H,8H2;2*1H4;. The molecule has 119 heavy (non-hydrogen) atoms. The van der Waals surface area contributed by atoms with E-state index in [-0.39, 0.29) is 52.4 Å². The first kappa shape index (κ1) is 83.0. The Morgan fingerprint density at radius 1 is 0.235 bits per heavy atom. The minimum absolute atomic E-state index is 0. The number of nitrogens with zero attached hydrogens (tertiary/aromatic N) is 4. The van der Waals surface area contributed by atoms with Crippen molar-refractivity contribution >= 4 is 146 Å². The molecule has 0 aliphatic rings. The van der Waals surface area contributed by atoms with Gasteiger partial charge in [0.1, 0.15) is 29.1 Å². The van der Waals surface area contributed by atoms with Crippen LogP contribution in [0, 0.1) is 29.1 Å². The number of halogens is 7. The van der Waals surface area contributed by atoms with Crippen LogP contribution in [0.3, 0.4) is 0 Å². The predicted octanol–water partition coefficient (Wildman–Crippen LogP) is 31.1. The topological polar surface area (TPSA) is 66.4 Å². The van der Waals surface area contributed by atoms with Gasteiger partial charge < -0.3 is 35.3 Å². The number of nitrogens with two attached hydrogens (primary N) is 1. The molecule has 583 valence electrons. The number of nitrogen functional groups attached to an aromatic ring is 1. The van der Waals surface area contributed by atoms with Crippen molar-refractivity contribution < 1.29 is 22.0 Å². The van der Waals surface area contributed by atoms with Crippen molar-refractivity contribution in [2.45, 2.75) is 14.9 Å². The molecule has 0 atom stereocenters. The molecule has 19 rings (SSSR count). The van der Waals surface area contributed by atoms with Crippen LogP contribution < -0.4 is 26.2 Å². The van der Waals surface area contributed by atoms with Crippen molar-refractivity contribution in [2.75, 3.05) is 26.2 Å². The number of anilines is 11. The number of hydrogen-bond donors (Lipinski definition) is 3. The molecular weight excluding hydrogens is 1610 g/mol. The Kier molecular flexibility index (Phi) is 26.6. The lowest BCUT2D eigenvalue weighted by Crippen LogP contribution is -2.10. The highest BCUT2D eigenvalue weighted by Crippen LogP contribution is 2.44. The summed E-state index contributed by atoms with van der Waals surface area (Å²) in [4.78, 5) is 4.35. The van der Waals surface area contributed by atoms with Crippen LogP contribution in [0.5, 0.6) is 0 Å². The summed E-state index contributed by atoms with van der Waals surface area (Å²) in [6.45, 7) is 0. The predicted molar refractivity (Wildman–Crippen MR) is 498 cm³/mol. The molecule has 2 aromatic heterocycles. The molecule has 0 aliphatic heterocycles. The zero-order valence-electron chi connectivity index (χ0n) is 62.8. The quantitative estimate of drug-likeness (QED) is 0.0542. The first-order chi connectivity index (χ1) is 56.7. The first-order valence-corrected chi connectivity index (χ1v) is 39.1. The maximum Gasteiger partial charge on any atom is 0.123 e. The van der Waals surface area contributed by atoms with Crippen LogP contribution in [0.15, 0.2) is 421 Å². The van der Waals surface area contributed by atoms with Crippen molar-refractivity contribution in [1.29, 1.82) is 0 Å². The minimum Gasteiger partial charge on any atom is -0.399 e. The highest BCUT2D eigenvalue weighted by molar-refractivity contribution is 9.10. The number of fused-ring (bicyclic) bond motifs is 6. The molecule has 17 aromatic carbocycles. The van der Waals surface area contributed by atoms with Gasteiger partial charge in [0, 0.05) is 113 Å². The second-order valence-electron chi connectivity index (χ2n) is 27.5. The summed E-state index contributed by atoms with van der Waals surface area (Å²) in [5.74, 6) is -1.32. The maximum absolute atomic E-state index is 14.4. The second-order valence-corrected chi connectivity index (χ2v) is 29.3. The smallest absolute Gasteiger partial charge is 0.123 e. The summed E-state index contributed by atoms with van der Waals surface area (Å²) in [7, 11) is 0. The summed E-state index contributed by atoms with van der Waals surface area (Å²) in [6.07, 6.45) is 0. The Bertz CT molecular complexity index is 6130. The Morgan fingerprint density at radius 2 is 0.462 bits per heavy atom. The van der Waals surface area contributed by atoms with Crippen molar-refractivity contribution in [3.63, 3.8) is 0 Å². The molecule has 0 fully saturated rings. The van der Waals surface area contributed by atoms with Gasteiger partial charge in [-0.2, -0.15) is 0 Å². The van der Waals surface area contributed by atoms with E-state index in [1.165, 1.54) is 83.9 Å². The van der Waals surface area contributed by atoms with Crippen LogP contribution in [0.2, 0.25) is 0 Å². The molecule has 7 nitrogen and oxygen atoms in total. The summed E-state index contributed by atoms with van der Waals surface area (Å²) < 4.78 is 73.6. The molecule has 0 bridgehead atoms. The third-order valence-corrected chi connectivity index (χ3v) is 20.9. The fourth-order valence-electron chi connectivity index (χ4n) is 14.2. The van der Waals surface area contributed by atoms with E-state index in [2.05, 4.69) is 292 Å². The van der Waals surface area contributed by atoms with Gasteiger partial charge in [-0.1, -0.05) is 192 Å². The van der Waals surface area contributed by atoms with E-state index in [9.17, 15) is 22.0 Å². The van der Waals surface area contributed by atoms with Crippen molar-refractivity contribution in [3.05, 3.63) is 451 Å². The third kappa shape index (κ3) is 19.4. The van der Waals surface area contributed by atoms with Gasteiger partial charge in [0.15, 0.2) is 0 Å². The average molecular weight is 1690 g/mol. The maximum atomic E-state index is 14.4. The van der Waals surface area contributed by atoms with Gasteiger partial charge in [-0.25, -0.2) is 22.0 Å².